The number of aliphatic hydroxyl groups is 1. The Morgan fingerprint density at radius 1 is 1.67 bits per heavy atom. The third-order valence-electron chi connectivity index (χ3n) is 2.47. The van der Waals surface area contributed by atoms with E-state index in [9.17, 15) is 4.79 Å². The molecule has 1 heterocycles. The average molecular weight is 216 g/mol. The van der Waals surface area contributed by atoms with Crippen LogP contribution in [0.3, 0.4) is 0 Å². The first kappa shape index (κ1) is 12.4. The highest BCUT2D eigenvalue weighted by molar-refractivity contribution is 5.82. The minimum Gasteiger partial charge on any atom is -0.395 e. The first-order valence-electron chi connectivity index (χ1n) is 5.39. The number of nitrogens with zero attached hydrogens (tertiary/aromatic N) is 1. The molecule has 1 fully saturated rings. The van der Waals surface area contributed by atoms with Crippen LogP contribution in [-0.4, -0.2) is 60.9 Å². The molecule has 1 aliphatic heterocycles. The molecule has 0 aromatic carbocycles. The molecule has 88 valence electrons. The second kappa shape index (κ2) is 6.05. The second-order valence-electron chi connectivity index (χ2n) is 3.93. The molecule has 0 radical (unpaired) electrons. The van der Waals surface area contributed by atoms with E-state index in [2.05, 4.69) is 5.32 Å². The van der Waals surface area contributed by atoms with Crippen LogP contribution in [0.4, 0.5) is 0 Å². The van der Waals surface area contributed by atoms with Crippen LogP contribution in [-0.2, 0) is 9.53 Å². The van der Waals surface area contributed by atoms with Crippen LogP contribution in [0, 0.1) is 0 Å². The van der Waals surface area contributed by atoms with Gasteiger partial charge in [-0.3, -0.25) is 4.79 Å². The first-order valence-corrected chi connectivity index (χ1v) is 5.39. The Morgan fingerprint density at radius 2 is 2.40 bits per heavy atom. The van der Waals surface area contributed by atoms with Gasteiger partial charge in [-0.05, 0) is 13.8 Å². The lowest BCUT2D eigenvalue weighted by Crippen LogP contribution is -2.54. The van der Waals surface area contributed by atoms with Crippen molar-refractivity contribution < 1.29 is 14.6 Å². The predicted octanol–water partition coefficient (Wildman–Crippen LogP) is -0.796. The van der Waals surface area contributed by atoms with Gasteiger partial charge in [0.05, 0.1) is 19.8 Å². The van der Waals surface area contributed by atoms with E-state index in [1.807, 2.05) is 13.8 Å². The minimum absolute atomic E-state index is 0.00248. The van der Waals surface area contributed by atoms with Gasteiger partial charge in [0.15, 0.2) is 0 Å². The molecule has 1 saturated heterocycles. The van der Waals surface area contributed by atoms with E-state index in [0.717, 1.165) is 0 Å². The fourth-order valence-electron chi connectivity index (χ4n) is 1.65. The van der Waals surface area contributed by atoms with Crippen LogP contribution in [0.5, 0.6) is 0 Å². The van der Waals surface area contributed by atoms with Crippen molar-refractivity contribution in [3.63, 3.8) is 0 Å². The highest BCUT2D eigenvalue weighted by Crippen LogP contribution is 2.04. The van der Waals surface area contributed by atoms with Crippen LogP contribution in [0.2, 0.25) is 0 Å². The van der Waals surface area contributed by atoms with Crippen molar-refractivity contribution in [3.8, 4) is 0 Å². The summed E-state index contributed by atoms with van der Waals surface area (Å²) in [6.07, 6.45) is 0. The summed E-state index contributed by atoms with van der Waals surface area (Å²) in [5, 5.41) is 12.0. The van der Waals surface area contributed by atoms with Crippen molar-refractivity contribution in [2.45, 2.75) is 25.9 Å². The van der Waals surface area contributed by atoms with Crippen LogP contribution < -0.4 is 5.32 Å². The summed E-state index contributed by atoms with van der Waals surface area (Å²) < 4.78 is 5.24. The van der Waals surface area contributed by atoms with Gasteiger partial charge in [-0.2, -0.15) is 0 Å². The van der Waals surface area contributed by atoms with Gasteiger partial charge < -0.3 is 20.1 Å². The van der Waals surface area contributed by atoms with Crippen LogP contribution >= 0.6 is 0 Å². The molecule has 1 atom stereocenters. The molecule has 0 aromatic heterocycles. The smallest absolute Gasteiger partial charge is 0.242 e. The SMILES string of the molecule is CC(C)N(CCO)C(=O)C1COCCN1. The van der Waals surface area contributed by atoms with Crippen molar-refractivity contribution in [2.75, 3.05) is 32.9 Å². The monoisotopic (exact) mass is 216 g/mol. The summed E-state index contributed by atoms with van der Waals surface area (Å²) in [5.74, 6) is 0.0127. The number of rotatable bonds is 4. The van der Waals surface area contributed by atoms with Gasteiger partial charge in [0, 0.05) is 19.1 Å². The number of carbonyl (C=O) groups is 1. The van der Waals surface area contributed by atoms with E-state index in [0.29, 0.717) is 26.3 Å². The Bertz CT molecular complexity index is 203. The van der Waals surface area contributed by atoms with Crippen LogP contribution in [0.15, 0.2) is 0 Å². The second-order valence-corrected chi connectivity index (χ2v) is 3.93. The van der Waals surface area contributed by atoms with Crippen molar-refractivity contribution in [1.82, 2.24) is 10.2 Å². The molecule has 1 rings (SSSR count). The average Bonchev–Trinajstić information content (AvgIpc) is 2.26. The molecule has 1 amide bonds. The Kier molecular flexibility index (Phi) is 5.01. The zero-order valence-electron chi connectivity index (χ0n) is 9.40. The van der Waals surface area contributed by atoms with Gasteiger partial charge in [0.1, 0.15) is 6.04 Å². The molecule has 0 spiro atoms. The highest BCUT2D eigenvalue weighted by Gasteiger charge is 2.27. The lowest BCUT2D eigenvalue weighted by atomic mass is 10.2. The zero-order chi connectivity index (χ0) is 11.3. The van der Waals surface area contributed by atoms with E-state index in [-0.39, 0.29) is 24.6 Å². The number of ether oxygens (including phenoxy) is 1. The number of hydrogen-bond acceptors (Lipinski definition) is 4. The number of nitrogens with one attached hydrogen (secondary N) is 1. The summed E-state index contributed by atoms with van der Waals surface area (Å²) in [6.45, 7) is 6.06. The maximum Gasteiger partial charge on any atom is 0.242 e. The topological polar surface area (TPSA) is 61.8 Å². The largest absolute Gasteiger partial charge is 0.395 e. The molecule has 2 N–H and O–H groups in total. The zero-order valence-corrected chi connectivity index (χ0v) is 9.40. The predicted molar refractivity (Wildman–Crippen MR) is 56.5 cm³/mol. The van der Waals surface area contributed by atoms with E-state index >= 15 is 0 Å². The van der Waals surface area contributed by atoms with Crippen molar-refractivity contribution in [1.29, 1.82) is 0 Å². The summed E-state index contributed by atoms with van der Waals surface area (Å²) in [5.41, 5.74) is 0. The Hall–Kier alpha value is -0.650. The molecule has 5 heteroatoms. The number of amides is 1. The summed E-state index contributed by atoms with van der Waals surface area (Å²) in [4.78, 5) is 13.7. The molecule has 0 bridgehead atoms. The van der Waals surface area contributed by atoms with Crippen molar-refractivity contribution in [3.05, 3.63) is 0 Å². The number of hydrogen-bond donors (Lipinski definition) is 2. The Labute approximate surface area is 90.4 Å². The van der Waals surface area contributed by atoms with Gasteiger partial charge >= 0.3 is 0 Å². The number of aliphatic hydroxyl groups excluding tert-OH is 1. The lowest BCUT2D eigenvalue weighted by molar-refractivity contribution is -0.138. The molecule has 0 aliphatic carbocycles. The minimum atomic E-state index is -0.257. The molecule has 0 saturated carbocycles. The molecule has 15 heavy (non-hydrogen) atoms. The van der Waals surface area contributed by atoms with Gasteiger partial charge in [-0.1, -0.05) is 0 Å². The van der Waals surface area contributed by atoms with E-state index in [1.165, 1.54) is 0 Å². The first-order chi connectivity index (χ1) is 7.16. The van der Waals surface area contributed by atoms with Gasteiger partial charge in [-0.15, -0.1) is 0 Å². The van der Waals surface area contributed by atoms with Gasteiger partial charge in [0.25, 0.3) is 0 Å². The quantitative estimate of drug-likeness (QED) is 0.646. The molecule has 0 aromatic rings. The fourth-order valence-corrected chi connectivity index (χ4v) is 1.65. The van der Waals surface area contributed by atoms with Crippen LogP contribution in [0.25, 0.3) is 0 Å². The Balaban J connectivity index is 2.53. The standard InChI is InChI=1S/C10H20N2O3/c1-8(2)12(4-5-13)10(14)9-7-15-6-3-11-9/h8-9,11,13H,3-7H2,1-2H3. The summed E-state index contributed by atoms with van der Waals surface area (Å²) in [6, 6.07) is -0.152. The Morgan fingerprint density at radius 3 is 2.87 bits per heavy atom. The molecule has 1 aliphatic rings. The normalized spacial score (nSPS) is 21.7. The molecular weight excluding hydrogens is 196 g/mol. The van der Waals surface area contributed by atoms with Gasteiger partial charge in [0.2, 0.25) is 5.91 Å². The van der Waals surface area contributed by atoms with E-state index in [4.69, 9.17) is 9.84 Å². The van der Waals surface area contributed by atoms with Crippen molar-refractivity contribution in [2.24, 2.45) is 0 Å². The molecule has 1 unspecified atom stereocenters. The maximum absolute atomic E-state index is 12.0. The molecular formula is C10H20N2O3. The summed E-state index contributed by atoms with van der Waals surface area (Å²) in [7, 11) is 0. The molecule has 5 nitrogen and oxygen atoms in total. The van der Waals surface area contributed by atoms with Crippen LogP contribution in [0.1, 0.15) is 13.8 Å². The van der Waals surface area contributed by atoms with Crippen molar-refractivity contribution >= 4 is 5.91 Å². The fraction of sp³-hybridized carbons (Fsp3) is 0.900. The number of morpholine rings is 1. The van der Waals surface area contributed by atoms with E-state index in [1.54, 1.807) is 4.90 Å². The third kappa shape index (κ3) is 3.44. The lowest BCUT2D eigenvalue weighted by Gasteiger charge is -2.32. The van der Waals surface area contributed by atoms with E-state index < -0.39 is 0 Å². The van der Waals surface area contributed by atoms with Gasteiger partial charge in [-0.25, -0.2) is 0 Å². The maximum atomic E-state index is 12.0. The summed E-state index contributed by atoms with van der Waals surface area (Å²) >= 11 is 0. The number of carbonyl (C=O) groups excluding carboxylic acids is 1. The highest BCUT2D eigenvalue weighted by atomic mass is 16.5. The third-order valence-corrected chi connectivity index (χ3v) is 2.47.